The van der Waals surface area contributed by atoms with Crippen LogP contribution in [0.1, 0.15) is 0 Å². The minimum absolute atomic E-state index is 0.406. The average Bonchev–Trinajstić information content (AvgIpc) is 2.31. The number of halogens is 1. The maximum atomic E-state index is 11.5. The molecule has 0 aliphatic rings. The van der Waals surface area contributed by atoms with Gasteiger partial charge < -0.3 is 10.1 Å². The predicted octanol–water partition coefficient (Wildman–Crippen LogP) is 2.07. The summed E-state index contributed by atoms with van der Waals surface area (Å²) in [5.41, 5.74) is 2.71. The van der Waals surface area contributed by atoms with Crippen LogP contribution in [-0.4, -0.2) is 31.3 Å². The summed E-state index contributed by atoms with van der Waals surface area (Å²) < 4.78 is 4.41. The summed E-state index contributed by atoms with van der Waals surface area (Å²) in [4.78, 5) is 22.5. The number of carbonyl (C=O) groups is 2. The van der Waals surface area contributed by atoms with Gasteiger partial charge in [0.15, 0.2) is 0 Å². The van der Waals surface area contributed by atoms with Crippen molar-refractivity contribution < 1.29 is 14.3 Å². The summed E-state index contributed by atoms with van der Waals surface area (Å²) in [5.74, 6) is 0. The number of hydrazine groups is 1. The van der Waals surface area contributed by atoms with E-state index >= 15 is 0 Å². The molecule has 7 heteroatoms. The van der Waals surface area contributed by atoms with Crippen LogP contribution < -0.4 is 10.7 Å². The van der Waals surface area contributed by atoms with Crippen molar-refractivity contribution >= 4 is 29.4 Å². The van der Waals surface area contributed by atoms with Crippen molar-refractivity contribution in [1.29, 1.82) is 0 Å². The van der Waals surface area contributed by atoms with Gasteiger partial charge in [0.05, 0.1) is 17.8 Å². The molecule has 0 saturated heterocycles. The standard InChI is InChI=1S/C10H12ClN3O3/c1-14(10(16)17-2)13-9(15)12-8-6-4-3-5-7(8)11/h3-6H,1-2H3,(H2,12,13,15). The summed E-state index contributed by atoms with van der Waals surface area (Å²) in [5, 5.41) is 3.80. The highest BCUT2D eigenvalue weighted by Crippen LogP contribution is 2.19. The molecular formula is C10H12ClN3O3. The zero-order valence-electron chi connectivity index (χ0n) is 9.36. The molecule has 0 atom stereocenters. The Balaban J connectivity index is 2.56. The molecule has 0 saturated carbocycles. The van der Waals surface area contributed by atoms with Gasteiger partial charge in [0, 0.05) is 7.05 Å². The molecular weight excluding hydrogens is 246 g/mol. The third kappa shape index (κ3) is 3.84. The lowest BCUT2D eigenvalue weighted by Gasteiger charge is -2.17. The lowest BCUT2D eigenvalue weighted by atomic mass is 10.3. The fourth-order valence-corrected chi connectivity index (χ4v) is 1.23. The minimum atomic E-state index is -0.681. The van der Waals surface area contributed by atoms with Gasteiger partial charge in [0.2, 0.25) is 0 Å². The number of hydrogen-bond acceptors (Lipinski definition) is 3. The zero-order chi connectivity index (χ0) is 12.8. The van der Waals surface area contributed by atoms with Crippen LogP contribution in [0.4, 0.5) is 15.3 Å². The highest BCUT2D eigenvalue weighted by atomic mass is 35.5. The first kappa shape index (κ1) is 13.1. The SMILES string of the molecule is COC(=O)N(C)NC(=O)Nc1ccccc1Cl. The van der Waals surface area contributed by atoms with E-state index in [9.17, 15) is 9.59 Å². The summed E-state index contributed by atoms with van der Waals surface area (Å²) in [6.07, 6.45) is -0.681. The maximum Gasteiger partial charge on any atom is 0.428 e. The van der Waals surface area contributed by atoms with Crippen molar-refractivity contribution in [3.63, 3.8) is 0 Å². The lowest BCUT2D eigenvalue weighted by molar-refractivity contribution is 0.119. The smallest absolute Gasteiger partial charge is 0.428 e. The van der Waals surface area contributed by atoms with Crippen molar-refractivity contribution in [3.05, 3.63) is 29.3 Å². The average molecular weight is 258 g/mol. The Hall–Kier alpha value is -1.95. The Kier molecular flexibility index (Phi) is 4.59. The zero-order valence-corrected chi connectivity index (χ0v) is 10.1. The summed E-state index contributed by atoms with van der Waals surface area (Å²) in [7, 11) is 2.57. The molecule has 0 aliphatic heterocycles. The Morgan fingerprint density at radius 3 is 2.59 bits per heavy atom. The van der Waals surface area contributed by atoms with Crippen LogP contribution in [0.5, 0.6) is 0 Å². The van der Waals surface area contributed by atoms with E-state index in [1.54, 1.807) is 24.3 Å². The van der Waals surface area contributed by atoms with E-state index in [4.69, 9.17) is 11.6 Å². The number of carbonyl (C=O) groups excluding carboxylic acids is 2. The number of ether oxygens (including phenoxy) is 1. The van der Waals surface area contributed by atoms with Crippen molar-refractivity contribution in [2.24, 2.45) is 0 Å². The molecule has 3 amide bonds. The molecule has 92 valence electrons. The molecule has 0 spiro atoms. The molecule has 1 aromatic rings. The third-order valence-corrected chi connectivity index (χ3v) is 2.17. The Morgan fingerprint density at radius 1 is 1.35 bits per heavy atom. The second-order valence-corrected chi connectivity index (χ2v) is 3.48. The van der Waals surface area contributed by atoms with E-state index in [2.05, 4.69) is 15.5 Å². The van der Waals surface area contributed by atoms with Gasteiger partial charge in [0.1, 0.15) is 0 Å². The summed E-state index contributed by atoms with van der Waals surface area (Å²) in [6.45, 7) is 0. The first-order chi connectivity index (χ1) is 8.04. The number of hydrogen-bond donors (Lipinski definition) is 2. The van der Waals surface area contributed by atoms with Crippen molar-refractivity contribution in [2.45, 2.75) is 0 Å². The van der Waals surface area contributed by atoms with Gasteiger partial charge in [-0.2, -0.15) is 0 Å². The van der Waals surface area contributed by atoms with Crippen LogP contribution in [-0.2, 0) is 4.74 Å². The van der Waals surface area contributed by atoms with E-state index in [0.29, 0.717) is 10.7 Å². The normalized spacial score (nSPS) is 9.35. The second-order valence-electron chi connectivity index (χ2n) is 3.07. The number of amides is 3. The largest absolute Gasteiger partial charge is 0.452 e. The molecule has 0 aliphatic carbocycles. The number of nitrogens with one attached hydrogen (secondary N) is 2. The van der Waals surface area contributed by atoms with Gasteiger partial charge >= 0.3 is 12.1 Å². The first-order valence-electron chi connectivity index (χ1n) is 4.68. The molecule has 0 aromatic heterocycles. The first-order valence-corrected chi connectivity index (χ1v) is 5.06. The van der Waals surface area contributed by atoms with E-state index in [-0.39, 0.29) is 0 Å². The van der Waals surface area contributed by atoms with Crippen molar-refractivity contribution in [2.75, 3.05) is 19.5 Å². The second kappa shape index (κ2) is 5.95. The molecule has 1 rings (SSSR count). The fraction of sp³-hybridized carbons (Fsp3) is 0.200. The monoisotopic (exact) mass is 257 g/mol. The molecule has 2 N–H and O–H groups in total. The Bertz CT molecular complexity index is 425. The Labute approximate surface area is 103 Å². The van der Waals surface area contributed by atoms with Gasteiger partial charge in [-0.15, -0.1) is 0 Å². The van der Waals surface area contributed by atoms with Crippen molar-refractivity contribution in [3.8, 4) is 0 Å². The summed E-state index contributed by atoms with van der Waals surface area (Å²) >= 11 is 5.85. The lowest BCUT2D eigenvalue weighted by Crippen LogP contribution is -2.45. The van der Waals surface area contributed by atoms with Crippen molar-refractivity contribution in [1.82, 2.24) is 10.4 Å². The molecule has 0 bridgehead atoms. The van der Waals surface area contributed by atoms with E-state index in [1.807, 2.05) is 0 Å². The molecule has 0 fully saturated rings. The van der Waals surface area contributed by atoms with E-state index in [0.717, 1.165) is 5.01 Å². The fourth-order valence-electron chi connectivity index (χ4n) is 1.05. The van der Waals surface area contributed by atoms with E-state index < -0.39 is 12.1 Å². The van der Waals surface area contributed by atoms with Crippen LogP contribution >= 0.6 is 11.6 Å². The van der Waals surface area contributed by atoms with Gasteiger partial charge in [-0.25, -0.2) is 20.0 Å². The summed E-state index contributed by atoms with van der Waals surface area (Å²) in [6, 6.07) is 6.16. The number of nitrogens with zero attached hydrogens (tertiary/aromatic N) is 1. The molecule has 0 unspecified atom stereocenters. The van der Waals surface area contributed by atoms with E-state index in [1.165, 1.54) is 14.2 Å². The quantitative estimate of drug-likeness (QED) is 0.757. The van der Waals surface area contributed by atoms with Gasteiger partial charge in [0.25, 0.3) is 0 Å². The molecule has 0 radical (unpaired) electrons. The molecule has 0 heterocycles. The predicted molar refractivity (Wildman–Crippen MR) is 63.8 cm³/mol. The van der Waals surface area contributed by atoms with Crippen LogP contribution in [0, 0.1) is 0 Å². The topological polar surface area (TPSA) is 70.7 Å². The molecule has 6 nitrogen and oxygen atoms in total. The van der Waals surface area contributed by atoms with Gasteiger partial charge in [-0.05, 0) is 12.1 Å². The maximum absolute atomic E-state index is 11.5. The number of methoxy groups -OCH3 is 1. The molecule has 17 heavy (non-hydrogen) atoms. The Morgan fingerprint density at radius 2 is 2.00 bits per heavy atom. The number of rotatable bonds is 1. The highest BCUT2D eigenvalue weighted by molar-refractivity contribution is 6.33. The van der Waals surface area contributed by atoms with Gasteiger partial charge in [-0.3, -0.25) is 0 Å². The highest BCUT2D eigenvalue weighted by Gasteiger charge is 2.12. The van der Waals surface area contributed by atoms with Crippen LogP contribution in [0.2, 0.25) is 5.02 Å². The minimum Gasteiger partial charge on any atom is -0.452 e. The third-order valence-electron chi connectivity index (χ3n) is 1.84. The number of para-hydroxylation sites is 1. The number of urea groups is 1. The number of anilines is 1. The number of benzene rings is 1. The molecule has 1 aromatic carbocycles. The van der Waals surface area contributed by atoms with Gasteiger partial charge in [-0.1, -0.05) is 23.7 Å². The van der Waals surface area contributed by atoms with Crippen LogP contribution in [0.15, 0.2) is 24.3 Å². The van der Waals surface area contributed by atoms with Crippen LogP contribution in [0.25, 0.3) is 0 Å². The van der Waals surface area contributed by atoms with Crippen LogP contribution in [0.3, 0.4) is 0 Å².